The number of benzene rings is 1. The molecule has 0 aliphatic heterocycles. The summed E-state index contributed by atoms with van der Waals surface area (Å²) in [5.74, 6) is 2.51. The van der Waals surface area contributed by atoms with Gasteiger partial charge in [-0.25, -0.2) is 15.0 Å². The van der Waals surface area contributed by atoms with Gasteiger partial charge in [0.15, 0.2) is 5.96 Å². The summed E-state index contributed by atoms with van der Waals surface area (Å²) in [6, 6.07) is 12.2. The molecule has 8 heteroatoms. The number of hydrogen-bond acceptors (Lipinski definition) is 4. The Morgan fingerprint density at radius 2 is 1.97 bits per heavy atom. The summed E-state index contributed by atoms with van der Waals surface area (Å²) in [6.07, 6.45) is 2.92. The number of aromatic nitrogens is 3. The third kappa shape index (κ3) is 7.37. The number of aliphatic imine (C=N–C) groups is 1. The first-order valence-corrected chi connectivity index (χ1v) is 10.6. The van der Waals surface area contributed by atoms with Crippen molar-refractivity contribution in [1.82, 2.24) is 25.2 Å². The van der Waals surface area contributed by atoms with E-state index in [0.29, 0.717) is 12.4 Å². The number of pyridine rings is 1. The second-order valence-corrected chi connectivity index (χ2v) is 7.45. The number of nitrogens with one attached hydrogen (secondary N) is 2. The van der Waals surface area contributed by atoms with Gasteiger partial charge in [0.2, 0.25) is 5.88 Å². The molecule has 2 aromatic heterocycles. The molecule has 0 bridgehead atoms. The normalized spacial score (nSPS) is 11.5. The highest BCUT2D eigenvalue weighted by Crippen LogP contribution is 2.15. The number of aryl methyl sites for hydroxylation is 2. The van der Waals surface area contributed by atoms with E-state index in [2.05, 4.69) is 62.2 Å². The molecule has 168 valence electrons. The topological polar surface area (TPSA) is 76.4 Å². The third-order valence-electron chi connectivity index (χ3n) is 4.61. The maximum atomic E-state index is 5.59. The van der Waals surface area contributed by atoms with Crippen LogP contribution in [0.5, 0.6) is 5.88 Å². The number of ether oxygens (including phenoxy) is 1. The van der Waals surface area contributed by atoms with Crippen molar-refractivity contribution in [1.29, 1.82) is 0 Å². The monoisotopic (exact) mass is 536 g/mol. The lowest BCUT2D eigenvalue weighted by Crippen LogP contribution is -2.38. The molecule has 0 saturated carbocycles. The highest BCUT2D eigenvalue weighted by atomic mass is 127. The van der Waals surface area contributed by atoms with Gasteiger partial charge in [-0.05, 0) is 51.8 Å². The van der Waals surface area contributed by atoms with E-state index in [0.717, 1.165) is 48.9 Å². The largest absolute Gasteiger partial charge is 0.475 e. The Bertz CT molecular complexity index is 968. The van der Waals surface area contributed by atoms with Gasteiger partial charge < -0.3 is 19.9 Å². The summed E-state index contributed by atoms with van der Waals surface area (Å²) in [4.78, 5) is 13.6. The minimum Gasteiger partial charge on any atom is -0.475 e. The van der Waals surface area contributed by atoms with E-state index in [1.54, 1.807) is 0 Å². The quantitative estimate of drug-likeness (QED) is 0.185. The smallest absolute Gasteiger partial charge is 0.213 e. The second kappa shape index (κ2) is 12.5. The van der Waals surface area contributed by atoms with Gasteiger partial charge in [0, 0.05) is 31.9 Å². The van der Waals surface area contributed by atoms with Crippen LogP contribution in [0, 0.1) is 6.92 Å². The molecule has 0 atom stereocenters. The average Bonchev–Trinajstić information content (AvgIpc) is 3.05. The first-order valence-electron chi connectivity index (χ1n) is 10.6. The first kappa shape index (κ1) is 24.9. The number of para-hydroxylation sites is 2. The fraction of sp³-hybridized carbons (Fsp3) is 0.435. The Balaban J connectivity index is 0.00000341. The van der Waals surface area contributed by atoms with Crippen molar-refractivity contribution in [3.63, 3.8) is 0 Å². The van der Waals surface area contributed by atoms with Crippen LogP contribution in [0.15, 0.2) is 47.6 Å². The molecule has 0 fully saturated rings. The third-order valence-corrected chi connectivity index (χ3v) is 4.61. The molecule has 0 aliphatic rings. The number of nitrogens with zero attached hydrogens (tertiary/aromatic N) is 4. The number of imidazole rings is 1. The van der Waals surface area contributed by atoms with Gasteiger partial charge in [-0.3, -0.25) is 0 Å². The molecule has 0 spiro atoms. The minimum atomic E-state index is 0. The van der Waals surface area contributed by atoms with Gasteiger partial charge >= 0.3 is 0 Å². The first-order chi connectivity index (χ1) is 14.6. The maximum absolute atomic E-state index is 5.59. The molecule has 1 aromatic carbocycles. The molecule has 0 aliphatic carbocycles. The highest BCUT2D eigenvalue weighted by molar-refractivity contribution is 14.0. The van der Waals surface area contributed by atoms with E-state index in [-0.39, 0.29) is 30.1 Å². The standard InChI is InChI=1S/C23H32N6O.HI/c1-5-24-23(27-16-19-11-12-22(26-15-19)30-17(2)3)25-13-8-14-29-18(4)28-20-9-6-7-10-21(20)29;/h6-7,9-12,15,17H,5,8,13-14,16H2,1-4H3,(H2,24,25,27);1H. The molecule has 0 unspecified atom stereocenters. The number of guanidine groups is 1. The highest BCUT2D eigenvalue weighted by Gasteiger charge is 2.06. The van der Waals surface area contributed by atoms with Crippen molar-refractivity contribution in [3.8, 4) is 5.88 Å². The zero-order valence-corrected chi connectivity index (χ0v) is 21.1. The van der Waals surface area contributed by atoms with Crippen LogP contribution in [0.3, 0.4) is 0 Å². The van der Waals surface area contributed by atoms with E-state index < -0.39 is 0 Å². The van der Waals surface area contributed by atoms with Crippen LogP contribution in [0.2, 0.25) is 0 Å². The van der Waals surface area contributed by atoms with Gasteiger partial charge in [-0.15, -0.1) is 24.0 Å². The number of fused-ring (bicyclic) bond motifs is 1. The summed E-state index contributed by atoms with van der Waals surface area (Å²) in [5.41, 5.74) is 3.29. The van der Waals surface area contributed by atoms with Crippen molar-refractivity contribution in [3.05, 3.63) is 54.0 Å². The van der Waals surface area contributed by atoms with E-state index in [4.69, 9.17) is 4.74 Å². The van der Waals surface area contributed by atoms with Crippen LogP contribution in [0.25, 0.3) is 11.0 Å². The van der Waals surface area contributed by atoms with Crippen LogP contribution < -0.4 is 15.4 Å². The Labute approximate surface area is 201 Å². The molecular formula is C23H33IN6O. The lowest BCUT2D eigenvalue weighted by atomic mass is 10.3. The summed E-state index contributed by atoms with van der Waals surface area (Å²) in [5, 5.41) is 6.72. The molecule has 3 rings (SSSR count). The molecule has 0 radical (unpaired) electrons. The van der Waals surface area contributed by atoms with Crippen molar-refractivity contribution < 1.29 is 4.74 Å². The van der Waals surface area contributed by atoms with E-state index in [9.17, 15) is 0 Å². The second-order valence-electron chi connectivity index (χ2n) is 7.45. The Morgan fingerprint density at radius 1 is 1.16 bits per heavy atom. The minimum absolute atomic E-state index is 0. The van der Waals surface area contributed by atoms with Crippen molar-refractivity contribution in [2.75, 3.05) is 13.1 Å². The van der Waals surface area contributed by atoms with Gasteiger partial charge in [0.25, 0.3) is 0 Å². The Hall–Kier alpha value is -2.36. The van der Waals surface area contributed by atoms with Gasteiger partial charge in [-0.2, -0.15) is 0 Å². The van der Waals surface area contributed by atoms with Gasteiger partial charge in [-0.1, -0.05) is 18.2 Å². The molecular weight excluding hydrogens is 503 g/mol. The molecule has 31 heavy (non-hydrogen) atoms. The van der Waals surface area contributed by atoms with Crippen molar-refractivity contribution in [2.45, 2.75) is 53.3 Å². The van der Waals surface area contributed by atoms with Crippen molar-refractivity contribution >= 4 is 41.0 Å². The van der Waals surface area contributed by atoms with Crippen molar-refractivity contribution in [2.24, 2.45) is 4.99 Å². The van der Waals surface area contributed by atoms with Crippen LogP contribution >= 0.6 is 24.0 Å². The number of rotatable bonds is 9. The van der Waals surface area contributed by atoms with Crippen LogP contribution in [-0.2, 0) is 13.1 Å². The fourth-order valence-electron chi connectivity index (χ4n) is 3.25. The molecule has 3 aromatic rings. The Morgan fingerprint density at radius 3 is 2.68 bits per heavy atom. The van der Waals surface area contributed by atoms with Gasteiger partial charge in [0.1, 0.15) is 5.82 Å². The summed E-state index contributed by atoms with van der Waals surface area (Å²) in [6.45, 7) is 11.2. The SMILES string of the molecule is CCNC(=NCc1ccc(OC(C)C)nc1)NCCCn1c(C)nc2ccccc21.I. The van der Waals surface area contributed by atoms with E-state index in [1.807, 2.05) is 38.2 Å². The van der Waals surface area contributed by atoms with Crippen LogP contribution in [0.4, 0.5) is 0 Å². The van der Waals surface area contributed by atoms with E-state index in [1.165, 1.54) is 5.52 Å². The molecule has 2 N–H and O–H groups in total. The predicted molar refractivity (Wildman–Crippen MR) is 137 cm³/mol. The van der Waals surface area contributed by atoms with Crippen LogP contribution in [0.1, 0.15) is 38.6 Å². The maximum Gasteiger partial charge on any atom is 0.213 e. The summed E-state index contributed by atoms with van der Waals surface area (Å²) >= 11 is 0. The van der Waals surface area contributed by atoms with Gasteiger partial charge in [0.05, 0.1) is 23.7 Å². The van der Waals surface area contributed by atoms with Crippen LogP contribution in [-0.4, -0.2) is 39.7 Å². The van der Waals surface area contributed by atoms with E-state index >= 15 is 0 Å². The fourth-order valence-corrected chi connectivity index (χ4v) is 3.25. The molecule has 2 heterocycles. The predicted octanol–water partition coefficient (Wildman–Crippen LogP) is 4.29. The molecule has 0 amide bonds. The average molecular weight is 536 g/mol. The zero-order valence-electron chi connectivity index (χ0n) is 18.8. The number of hydrogen-bond donors (Lipinski definition) is 2. The summed E-state index contributed by atoms with van der Waals surface area (Å²) < 4.78 is 7.86. The lowest BCUT2D eigenvalue weighted by Gasteiger charge is -2.12. The summed E-state index contributed by atoms with van der Waals surface area (Å²) in [7, 11) is 0. The molecule has 7 nitrogen and oxygen atoms in total. The Kier molecular flexibility index (Phi) is 10.0. The zero-order chi connectivity index (χ0) is 21.3. The number of halogens is 1. The lowest BCUT2D eigenvalue weighted by molar-refractivity contribution is 0.232. The molecule has 0 saturated heterocycles.